The lowest BCUT2D eigenvalue weighted by Crippen LogP contribution is -2.47. The first-order chi connectivity index (χ1) is 15.9. The van der Waals surface area contributed by atoms with Gasteiger partial charge in [-0.05, 0) is 58.5 Å². The van der Waals surface area contributed by atoms with Crippen molar-refractivity contribution in [2.24, 2.45) is 0 Å². The van der Waals surface area contributed by atoms with Crippen LogP contribution in [0.1, 0.15) is 66.9 Å². The van der Waals surface area contributed by atoms with Crippen LogP contribution in [0.5, 0.6) is 0 Å². The third kappa shape index (κ3) is 3.88. The number of nitrogens with zero attached hydrogens (tertiary/aromatic N) is 4. The molecular weight excluding hydrogens is 424 g/mol. The fourth-order valence-electron chi connectivity index (χ4n) is 5.76. The van der Waals surface area contributed by atoms with E-state index in [1.165, 1.54) is 31.5 Å². The minimum atomic E-state index is -1.31. The summed E-state index contributed by atoms with van der Waals surface area (Å²) in [6.07, 6.45) is 8.94. The van der Waals surface area contributed by atoms with E-state index in [0.29, 0.717) is 22.8 Å². The Kier molecular flexibility index (Phi) is 5.60. The Morgan fingerprint density at radius 1 is 1.06 bits per heavy atom. The van der Waals surface area contributed by atoms with E-state index in [2.05, 4.69) is 9.80 Å². The summed E-state index contributed by atoms with van der Waals surface area (Å²) >= 11 is 0. The van der Waals surface area contributed by atoms with Crippen LogP contribution < -0.4 is 10.3 Å². The van der Waals surface area contributed by atoms with Gasteiger partial charge in [-0.15, -0.1) is 0 Å². The maximum absolute atomic E-state index is 13.0. The van der Waals surface area contributed by atoms with Crippen molar-refractivity contribution >= 4 is 28.2 Å². The number of aryl methyl sites for hydroxylation is 1. The molecule has 2 aliphatic heterocycles. The van der Waals surface area contributed by atoms with Crippen molar-refractivity contribution in [1.29, 1.82) is 0 Å². The SMILES string of the molecule is Cc1c(N2CCC(N3CCCCC3)CC2)c([N+](=O)[O-])cc2c(=O)c(C(=O)O)cn(C3CC3)c12. The molecule has 1 aromatic carbocycles. The molecule has 1 aromatic heterocycles. The maximum atomic E-state index is 13.0. The molecule has 0 bridgehead atoms. The van der Waals surface area contributed by atoms with Gasteiger partial charge in [0, 0.05) is 43.0 Å². The summed E-state index contributed by atoms with van der Waals surface area (Å²) in [5.74, 6) is -1.31. The zero-order valence-electron chi connectivity index (χ0n) is 19.0. The number of piperidine rings is 2. The summed E-state index contributed by atoms with van der Waals surface area (Å²) < 4.78 is 1.86. The molecular formula is C24H30N4O5. The fourth-order valence-corrected chi connectivity index (χ4v) is 5.76. The van der Waals surface area contributed by atoms with E-state index in [-0.39, 0.29) is 22.7 Å². The number of carboxylic acid groups (broad SMARTS) is 1. The number of aromatic carboxylic acids is 1. The highest BCUT2D eigenvalue weighted by atomic mass is 16.6. The second-order valence-corrected chi connectivity index (χ2v) is 9.65. The van der Waals surface area contributed by atoms with Crippen LogP contribution in [0.15, 0.2) is 17.1 Å². The predicted molar refractivity (Wildman–Crippen MR) is 125 cm³/mol. The van der Waals surface area contributed by atoms with Gasteiger partial charge in [0.05, 0.1) is 15.8 Å². The Morgan fingerprint density at radius 2 is 1.73 bits per heavy atom. The molecule has 0 spiro atoms. The molecule has 1 saturated carbocycles. The second-order valence-electron chi connectivity index (χ2n) is 9.65. The number of carbonyl (C=O) groups is 1. The van der Waals surface area contributed by atoms with E-state index in [1.807, 2.05) is 11.5 Å². The van der Waals surface area contributed by atoms with Crippen LogP contribution >= 0.6 is 0 Å². The average molecular weight is 455 g/mol. The van der Waals surface area contributed by atoms with Gasteiger partial charge < -0.3 is 19.5 Å². The van der Waals surface area contributed by atoms with E-state index in [0.717, 1.165) is 51.9 Å². The normalized spacial score (nSPS) is 20.3. The number of likely N-dealkylation sites (tertiary alicyclic amines) is 1. The van der Waals surface area contributed by atoms with E-state index < -0.39 is 16.3 Å². The van der Waals surface area contributed by atoms with Gasteiger partial charge in [0.15, 0.2) is 0 Å². The van der Waals surface area contributed by atoms with Crippen molar-refractivity contribution < 1.29 is 14.8 Å². The number of rotatable bonds is 5. The smallest absolute Gasteiger partial charge is 0.341 e. The first kappa shape index (κ1) is 21.9. The average Bonchev–Trinajstić information content (AvgIpc) is 3.65. The molecule has 9 heteroatoms. The second kappa shape index (κ2) is 8.44. The number of carboxylic acids is 1. The number of aromatic nitrogens is 1. The van der Waals surface area contributed by atoms with Crippen molar-refractivity contribution in [3.63, 3.8) is 0 Å². The third-order valence-corrected chi connectivity index (χ3v) is 7.56. The number of pyridine rings is 1. The number of nitro benzene ring substituents is 1. The van der Waals surface area contributed by atoms with Crippen molar-refractivity contribution in [3.8, 4) is 0 Å². The molecule has 176 valence electrons. The minimum absolute atomic E-state index is 0.113. The van der Waals surface area contributed by atoms with E-state index in [4.69, 9.17) is 0 Å². The van der Waals surface area contributed by atoms with Gasteiger partial charge in [-0.2, -0.15) is 0 Å². The van der Waals surface area contributed by atoms with Crippen LogP contribution in [0, 0.1) is 17.0 Å². The van der Waals surface area contributed by atoms with Gasteiger partial charge in [-0.3, -0.25) is 14.9 Å². The van der Waals surface area contributed by atoms with Gasteiger partial charge in [-0.25, -0.2) is 4.79 Å². The molecule has 3 fully saturated rings. The standard InChI is InChI=1S/C24H30N4O5/c1-15-21-18(23(29)19(24(30)31)14-27(21)17-5-6-17)13-20(28(32)33)22(15)26-11-7-16(8-12-26)25-9-3-2-4-10-25/h13-14,16-17H,2-12H2,1H3,(H,30,31). The van der Waals surface area contributed by atoms with Crippen LogP contribution in [0.25, 0.3) is 10.9 Å². The van der Waals surface area contributed by atoms with Crippen LogP contribution in [-0.2, 0) is 0 Å². The number of hydrogen-bond acceptors (Lipinski definition) is 6. The molecule has 33 heavy (non-hydrogen) atoms. The Bertz CT molecular complexity index is 1170. The highest BCUT2D eigenvalue weighted by molar-refractivity contribution is 5.97. The summed E-state index contributed by atoms with van der Waals surface area (Å²) in [6.45, 7) is 5.57. The van der Waals surface area contributed by atoms with Gasteiger partial charge in [0.25, 0.3) is 5.69 Å². The Morgan fingerprint density at radius 3 is 2.30 bits per heavy atom. The summed E-state index contributed by atoms with van der Waals surface area (Å²) in [6, 6.07) is 1.95. The van der Waals surface area contributed by atoms with Crippen molar-refractivity contribution in [2.45, 2.75) is 64.0 Å². The molecule has 0 radical (unpaired) electrons. The quantitative estimate of drug-likeness (QED) is 0.542. The molecule has 5 rings (SSSR count). The number of fused-ring (bicyclic) bond motifs is 1. The van der Waals surface area contributed by atoms with Crippen molar-refractivity contribution in [2.75, 3.05) is 31.1 Å². The lowest BCUT2D eigenvalue weighted by molar-refractivity contribution is -0.384. The van der Waals surface area contributed by atoms with Crippen LogP contribution in [-0.4, -0.2) is 57.7 Å². The molecule has 0 unspecified atom stereocenters. The predicted octanol–water partition coefficient (Wildman–Crippen LogP) is 3.71. The zero-order chi connectivity index (χ0) is 23.3. The first-order valence-electron chi connectivity index (χ1n) is 12.0. The molecule has 2 saturated heterocycles. The molecule has 2 aromatic rings. The number of hydrogen-bond donors (Lipinski definition) is 1. The summed E-state index contributed by atoms with van der Waals surface area (Å²) in [7, 11) is 0. The number of benzene rings is 1. The van der Waals surface area contributed by atoms with E-state index >= 15 is 0 Å². The van der Waals surface area contributed by atoms with Crippen molar-refractivity contribution in [1.82, 2.24) is 9.47 Å². The molecule has 0 amide bonds. The highest BCUT2D eigenvalue weighted by Gasteiger charge is 2.34. The number of nitro groups is 1. The third-order valence-electron chi connectivity index (χ3n) is 7.56. The number of anilines is 1. The van der Waals surface area contributed by atoms with Gasteiger partial charge >= 0.3 is 5.97 Å². The maximum Gasteiger partial charge on any atom is 0.341 e. The molecule has 1 N–H and O–H groups in total. The minimum Gasteiger partial charge on any atom is -0.477 e. The lowest BCUT2D eigenvalue weighted by Gasteiger charge is -2.41. The molecule has 3 aliphatic rings. The van der Waals surface area contributed by atoms with Crippen LogP contribution in [0.3, 0.4) is 0 Å². The van der Waals surface area contributed by atoms with Gasteiger partial charge in [0.2, 0.25) is 5.43 Å². The van der Waals surface area contributed by atoms with Crippen molar-refractivity contribution in [3.05, 3.63) is 43.7 Å². The van der Waals surface area contributed by atoms with E-state index in [1.54, 1.807) is 0 Å². The lowest BCUT2D eigenvalue weighted by atomic mass is 9.97. The van der Waals surface area contributed by atoms with Gasteiger partial charge in [0.1, 0.15) is 11.3 Å². The fraction of sp³-hybridized carbons (Fsp3) is 0.583. The van der Waals surface area contributed by atoms with Crippen LogP contribution in [0.2, 0.25) is 0 Å². The monoisotopic (exact) mass is 454 g/mol. The summed E-state index contributed by atoms with van der Waals surface area (Å²) in [5.41, 5.74) is 0.789. The molecule has 3 heterocycles. The topological polar surface area (TPSA) is 109 Å². The summed E-state index contributed by atoms with van der Waals surface area (Å²) in [5, 5.41) is 21.7. The molecule has 1 aliphatic carbocycles. The zero-order valence-corrected chi connectivity index (χ0v) is 19.0. The Labute approximate surface area is 191 Å². The van der Waals surface area contributed by atoms with E-state index in [9.17, 15) is 24.8 Å². The Hall–Kier alpha value is -2.94. The first-order valence-corrected chi connectivity index (χ1v) is 12.0. The highest BCUT2D eigenvalue weighted by Crippen LogP contribution is 2.43. The molecule has 0 atom stereocenters. The molecule has 9 nitrogen and oxygen atoms in total. The largest absolute Gasteiger partial charge is 0.477 e. The Balaban J connectivity index is 1.58. The van der Waals surface area contributed by atoms with Crippen LogP contribution in [0.4, 0.5) is 11.4 Å². The summed E-state index contributed by atoms with van der Waals surface area (Å²) in [4.78, 5) is 41.0. The van der Waals surface area contributed by atoms with Gasteiger partial charge in [-0.1, -0.05) is 6.42 Å².